The minimum absolute atomic E-state index is 0.153. The molecule has 1 aromatic carbocycles. The summed E-state index contributed by atoms with van der Waals surface area (Å²) in [6.07, 6.45) is 0. The van der Waals surface area contributed by atoms with Crippen molar-refractivity contribution in [3.8, 4) is 6.07 Å². The molecule has 2 aromatic rings. The zero-order valence-corrected chi connectivity index (χ0v) is 11.7. The van der Waals surface area contributed by atoms with Crippen molar-refractivity contribution in [3.05, 3.63) is 41.6 Å². The summed E-state index contributed by atoms with van der Waals surface area (Å²) in [5, 5.41) is 17.2. The lowest BCUT2D eigenvalue weighted by Crippen LogP contribution is -2.14. The fourth-order valence-corrected chi connectivity index (χ4v) is 1.96. The highest BCUT2D eigenvalue weighted by atomic mass is 15.3. The van der Waals surface area contributed by atoms with E-state index in [0.717, 1.165) is 17.2 Å². The Labute approximate surface area is 113 Å². The second-order valence-electron chi connectivity index (χ2n) is 5.55. The molecule has 0 saturated carbocycles. The van der Waals surface area contributed by atoms with Crippen LogP contribution in [-0.4, -0.2) is 9.78 Å². The number of hydrogen-bond acceptors (Lipinski definition) is 3. The monoisotopic (exact) mass is 254 g/mol. The van der Waals surface area contributed by atoms with Crippen molar-refractivity contribution in [1.29, 1.82) is 5.26 Å². The molecule has 1 N–H and O–H groups in total. The average Bonchev–Trinajstić information content (AvgIpc) is 2.68. The maximum atomic E-state index is 9.41. The summed E-state index contributed by atoms with van der Waals surface area (Å²) in [5.74, 6) is 0.735. The standard InChI is InChI=1S/C15H18N4/c1-15(2,3)13-12(10-16)14(19(4)18-13)17-11-8-6-5-7-9-11/h5-9,17H,1-4H3. The highest BCUT2D eigenvalue weighted by Crippen LogP contribution is 2.30. The summed E-state index contributed by atoms with van der Waals surface area (Å²) in [6, 6.07) is 12.1. The third-order valence-electron chi connectivity index (χ3n) is 2.91. The zero-order chi connectivity index (χ0) is 14.0. The molecule has 0 amide bonds. The minimum atomic E-state index is -0.153. The number of anilines is 2. The molecular weight excluding hydrogens is 236 g/mol. The van der Waals surface area contributed by atoms with E-state index in [4.69, 9.17) is 0 Å². The van der Waals surface area contributed by atoms with Crippen LogP contribution in [0.2, 0.25) is 0 Å². The van der Waals surface area contributed by atoms with E-state index >= 15 is 0 Å². The van der Waals surface area contributed by atoms with E-state index in [-0.39, 0.29) is 5.41 Å². The molecule has 0 radical (unpaired) electrons. The van der Waals surface area contributed by atoms with E-state index in [0.29, 0.717) is 5.56 Å². The van der Waals surface area contributed by atoms with Gasteiger partial charge in [-0.05, 0) is 12.1 Å². The van der Waals surface area contributed by atoms with Gasteiger partial charge in [0.2, 0.25) is 0 Å². The number of nitriles is 1. The van der Waals surface area contributed by atoms with Crippen LogP contribution >= 0.6 is 0 Å². The molecule has 0 aliphatic rings. The SMILES string of the molecule is Cn1nc(C(C)(C)C)c(C#N)c1Nc1ccccc1. The second-order valence-corrected chi connectivity index (χ2v) is 5.55. The maximum absolute atomic E-state index is 9.41. The molecule has 4 heteroatoms. The number of rotatable bonds is 2. The van der Waals surface area contributed by atoms with Crippen LogP contribution < -0.4 is 5.32 Å². The first-order chi connectivity index (χ1) is 8.93. The smallest absolute Gasteiger partial charge is 0.146 e. The van der Waals surface area contributed by atoms with Crippen LogP contribution in [0.5, 0.6) is 0 Å². The molecule has 0 fully saturated rings. The van der Waals surface area contributed by atoms with E-state index in [1.165, 1.54) is 0 Å². The molecule has 0 spiro atoms. The number of aromatic nitrogens is 2. The van der Waals surface area contributed by atoms with Gasteiger partial charge in [0, 0.05) is 18.2 Å². The quantitative estimate of drug-likeness (QED) is 0.894. The van der Waals surface area contributed by atoms with Crippen molar-refractivity contribution in [3.63, 3.8) is 0 Å². The van der Waals surface area contributed by atoms with Crippen LogP contribution in [-0.2, 0) is 12.5 Å². The van der Waals surface area contributed by atoms with Gasteiger partial charge in [-0.1, -0.05) is 39.0 Å². The average molecular weight is 254 g/mol. The predicted molar refractivity (Wildman–Crippen MR) is 76.3 cm³/mol. The fourth-order valence-electron chi connectivity index (χ4n) is 1.96. The zero-order valence-electron chi connectivity index (χ0n) is 11.7. The van der Waals surface area contributed by atoms with E-state index in [1.54, 1.807) is 4.68 Å². The largest absolute Gasteiger partial charge is 0.339 e. The Balaban J connectivity index is 2.47. The number of nitrogens with one attached hydrogen (secondary N) is 1. The van der Waals surface area contributed by atoms with E-state index < -0.39 is 0 Å². The van der Waals surface area contributed by atoms with Crippen molar-refractivity contribution < 1.29 is 0 Å². The van der Waals surface area contributed by atoms with E-state index in [1.807, 2.05) is 37.4 Å². The minimum Gasteiger partial charge on any atom is -0.339 e. The summed E-state index contributed by atoms with van der Waals surface area (Å²) in [6.45, 7) is 6.17. The van der Waals surface area contributed by atoms with Gasteiger partial charge in [-0.3, -0.25) is 4.68 Å². The van der Waals surface area contributed by atoms with Gasteiger partial charge in [0.25, 0.3) is 0 Å². The third-order valence-corrected chi connectivity index (χ3v) is 2.91. The molecule has 0 aliphatic heterocycles. The highest BCUT2D eigenvalue weighted by Gasteiger charge is 2.26. The molecule has 1 aromatic heterocycles. The normalized spacial score (nSPS) is 11.1. The van der Waals surface area contributed by atoms with Crippen LogP contribution in [0.4, 0.5) is 11.5 Å². The van der Waals surface area contributed by atoms with Gasteiger partial charge >= 0.3 is 0 Å². The van der Waals surface area contributed by atoms with Crippen LogP contribution in [0.25, 0.3) is 0 Å². The number of para-hydroxylation sites is 1. The van der Waals surface area contributed by atoms with Crippen LogP contribution in [0.1, 0.15) is 32.0 Å². The molecule has 1 heterocycles. The summed E-state index contributed by atoms with van der Waals surface area (Å²) < 4.78 is 1.73. The fraction of sp³-hybridized carbons (Fsp3) is 0.333. The number of benzene rings is 1. The van der Waals surface area contributed by atoms with Gasteiger partial charge in [0.15, 0.2) is 0 Å². The van der Waals surface area contributed by atoms with Crippen LogP contribution in [0.15, 0.2) is 30.3 Å². The van der Waals surface area contributed by atoms with Crippen molar-refractivity contribution in [2.24, 2.45) is 7.05 Å². The van der Waals surface area contributed by atoms with Crippen LogP contribution in [0.3, 0.4) is 0 Å². The summed E-state index contributed by atoms with van der Waals surface area (Å²) in [7, 11) is 1.85. The Morgan fingerprint density at radius 3 is 2.37 bits per heavy atom. The van der Waals surface area contributed by atoms with Gasteiger partial charge in [-0.2, -0.15) is 10.4 Å². The second kappa shape index (κ2) is 4.77. The van der Waals surface area contributed by atoms with Gasteiger partial charge in [-0.15, -0.1) is 0 Å². The number of hydrogen-bond donors (Lipinski definition) is 1. The van der Waals surface area contributed by atoms with Gasteiger partial charge < -0.3 is 5.32 Å². The molecule has 0 aliphatic carbocycles. The van der Waals surface area contributed by atoms with Crippen LogP contribution in [0, 0.1) is 11.3 Å². The molecule has 0 unspecified atom stereocenters. The van der Waals surface area contributed by atoms with Crippen molar-refractivity contribution in [1.82, 2.24) is 9.78 Å². The Bertz CT molecular complexity index is 612. The number of nitrogens with zero attached hydrogens (tertiary/aromatic N) is 3. The molecule has 0 bridgehead atoms. The van der Waals surface area contributed by atoms with Gasteiger partial charge in [0.1, 0.15) is 17.5 Å². The summed E-state index contributed by atoms with van der Waals surface area (Å²) in [5.41, 5.74) is 2.22. The molecule has 4 nitrogen and oxygen atoms in total. The summed E-state index contributed by atoms with van der Waals surface area (Å²) in [4.78, 5) is 0. The number of aryl methyl sites for hydroxylation is 1. The lowest BCUT2D eigenvalue weighted by atomic mass is 9.89. The van der Waals surface area contributed by atoms with E-state index in [9.17, 15) is 5.26 Å². The molecule has 0 atom stereocenters. The Morgan fingerprint density at radius 2 is 1.84 bits per heavy atom. The molecule has 0 saturated heterocycles. The van der Waals surface area contributed by atoms with Crippen molar-refractivity contribution in [2.75, 3.05) is 5.32 Å². The first-order valence-corrected chi connectivity index (χ1v) is 6.23. The maximum Gasteiger partial charge on any atom is 0.146 e. The summed E-state index contributed by atoms with van der Waals surface area (Å²) >= 11 is 0. The Kier molecular flexibility index (Phi) is 3.30. The van der Waals surface area contributed by atoms with Gasteiger partial charge in [-0.25, -0.2) is 0 Å². The van der Waals surface area contributed by atoms with Crippen molar-refractivity contribution >= 4 is 11.5 Å². The molecule has 98 valence electrons. The lowest BCUT2D eigenvalue weighted by molar-refractivity contribution is 0.552. The Morgan fingerprint density at radius 1 is 1.21 bits per heavy atom. The first kappa shape index (κ1) is 13.2. The lowest BCUT2D eigenvalue weighted by Gasteiger charge is -2.15. The first-order valence-electron chi connectivity index (χ1n) is 6.23. The van der Waals surface area contributed by atoms with E-state index in [2.05, 4.69) is 37.3 Å². The highest BCUT2D eigenvalue weighted by molar-refractivity contribution is 5.65. The van der Waals surface area contributed by atoms with Gasteiger partial charge in [0.05, 0.1) is 5.69 Å². The topological polar surface area (TPSA) is 53.6 Å². The van der Waals surface area contributed by atoms with Crippen molar-refractivity contribution in [2.45, 2.75) is 26.2 Å². The third kappa shape index (κ3) is 2.60. The molecule has 2 rings (SSSR count). The molecule has 19 heavy (non-hydrogen) atoms. The Hall–Kier alpha value is -2.28. The molecular formula is C15H18N4. The predicted octanol–water partition coefficient (Wildman–Crippen LogP) is 3.33.